The summed E-state index contributed by atoms with van der Waals surface area (Å²) < 4.78 is 24.6. The molecule has 0 spiro atoms. The number of anilines is 1. The summed E-state index contributed by atoms with van der Waals surface area (Å²) in [5, 5.41) is 12.3. The number of hydrogen-bond donors (Lipinski definition) is 2. The molecule has 1 aromatic rings. The minimum atomic E-state index is -3.41. The lowest BCUT2D eigenvalue weighted by Crippen LogP contribution is -2.43. The number of nitrogens with one attached hydrogen (secondary N) is 1. The Balaban J connectivity index is 3.23. The molecule has 1 unspecified atom stereocenters. The van der Waals surface area contributed by atoms with E-state index in [1.165, 1.54) is 6.07 Å². The number of carboxylic acid groups (broad SMARTS) is 1. The van der Waals surface area contributed by atoms with Crippen LogP contribution in [0, 0.1) is 0 Å². The third-order valence-corrected chi connectivity index (χ3v) is 5.30. The van der Waals surface area contributed by atoms with Gasteiger partial charge in [-0.05, 0) is 31.9 Å². The van der Waals surface area contributed by atoms with Gasteiger partial charge < -0.3 is 10.4 Å². The van der Waals surface area contributed by atoms with E-state index in [1.807, 2.05) is 6.92 Å². The van der Waals surface area contributed by atoms with Crippen LogP contribution in [0.15, 0.2) is 29.2 Å². The van der Waals surface area contributed by atoms with Crippen molar-refractivity contribution in [2.24, 2.45) is 0 Å². The fourth-order valence-electron chi connectivity index (χ4n) is 2.24. The Hall–Kier alpha value is -1.56. The van der Waals surface area contributed by atoms with Crippen LogP contribution in [0.3, 0.4) is 0 Å². The van der Waals surface area contributed by atoms with Crippen LogP contribution in [0.4, 0.5) is 5.69 Å². The van der Waals surface area contributed by atoms with Gasteiger partial charge in [-0.3, -0.25) is 0 Å². The normalized spacial score (nSPS) is 14.4. The molecule has 1 rings (SSSR count). The first-order valence-electron chi connectivity index (χ1n) is 7.10. The molecule has 0 radical (unpaired) electrons. The Kier molecular flexibility index (Phi) is 5.78. The van der Waals surface area contributed by atoms with Crippen LogP contribution in [0.2, 0.25) is 0 Å². The fourth-order valence-corrected chi connectivity index (χ4v) is 3.74. The van der Waals surface area contributed by atoms with Gasteiger partial charge in [0.25, 0.3) is 0 Å². The molecule has 0 aliphatic heterocycles. The number of rotatable bonds is 8. The first kappa shape index (κ1) is 17.5. The van der Waals surface area contributed by atoms with Crippen molar-refractivity contribution in [2.45, 2.75) is 50.5 Å². The van der Waals surface area contributed by atoms with Gasteiger partial charge in [-0.25, -0.2) is 13.2 Å². The molecular weight excluding hydrogens is 290 g/mol. The minimum absolute atomic E-state index is 0.0449. The number of sulfone groups is 1. The zero-order chi connectivity index (χ0) is 16.1. The molecule has 0 heterocycles. The summed E-state index contributed by atoms with van der Waals surface area (Å²) in [7, 11) is -3.41. The van der Waals surface area contributed by atoms with Gasteiger partial charge in [-0.1, -0.05) is 32.4 Å². The third kappa shape index (κ3) is 4.20. The molecule has 0 saturated carbocycles. The van der Waals surface area contributed by atoms with Crippen molar-refractivity contribution < 1.29 is 18.3 Å². The number of aliphatic carboxylic acids is 1. The van der Waals surface area contributed by atoms with Gasteiger partial charge in [0, 0.05) is 0 Å². The molecule has 0 bridgehead atoms. The molecule has 1 atom stereocenters. The standard InChI is InChI=1S/C15H23NO4S/c1-4-10-15(3,14(17)18)16-12-8-6-7-9-13(12)21(19,20)11-5-2/h6-9,16H,4-5,10-11H2,1-3H3,(H,17,18). The average Bonchev–Trinajstić information content (AvgIpc) is 2.39. The van der Waals surface area contributed by atoms with Crippen molar-refractivity contribution >= 4 is 21.5 Å². The Morgan fingerprint density at radius 3 is 2.38 bits per heavy atom. The zero-order valence-corrected chi connectivity index (χ0v) is 13.5. The largest absolute Gasteiger partial charge is 0.480 e. The van der Waals surface area contributed by atoms with Gasteiger partial charge in [-0.15, -0.1) is 0 Å². The van der Waals surface area contributed by atoms with E-state index in [-0.39, 0.29) is 10.6 Å². The fraction of sp³-hybridized carbons (Fsp3) is 0.533. The van der Waals surface area contributed by atoms with Gasteiger partial charge in [0.15, 0.2) is 9.84 Å². The van der Waals surface area contributed by atoms with E-state index in [4.69, 9.17) is 0 Å². The summed E-state index contributed by atoms with van der Waals surface area (Å²) in [5.41, 5.74) is -0.837. The first-order valence-corrected chi connectivity index (χ1v) is 8.75. The maximum absolute atomic E-state index is 12.3. The van der Waals surface area contributed by atoms with Gasteiger partial charge in [-0.2, -0.15) is 0 Å². The first-order chi connectivity index (χ1) is 9.77. The Labute approximate surface area is 126 Å². The predicted molar refractivity (Wildman–Crippen MR) is 83.4 cm³/mol. The molecule has 0 aromatic heterocycles. The zero-order valence-electron chi connectivity index (χ0n) is 12.7. The van der Waals surface area contributed by atoms with Crippen molar-refractivity contribution in [3.05, 3.63) is 24.3 Å². The summed E-state index contributed by atoms with van der Waals surface area (Å²) in [5.74, 6) is -0.949. The SMILES string of the molecule is CCCC(C)(Nc1ccccc1S(=O)(=O)CCC)C(=O)O. The van der Waals surface area contributed by atoms with Crippen LogP contribution in [0.1, 0.15) is 40.0 Å². The van der Waals surface area contributed by atoms with Gasteiger partial charge in [0.2, 0.25) is 0 Å². The van der Waals surface area contributed by atoms with Crippen molar-refractivity contribution in [1.29, 1.82) is 0 Å². The second-order valence-electron chi connectivity index (χ2n) is 5.33. The van der Waals surface area contributed by atoms with E-state index in [2.05, 4.69) is 5.32 Å². The van der Waals surface area contributed by atoms with Gasteiger partial charge in [0.05, 0.1) is 16.3 Å². The Morgan fingerprint density at radius 1 is 1.24 bits per heavy atom. The maximum atomic E-state index is 12.3. The Bertz CT molecular complexity index is 597. The summed E-state index contributed by atoms with van der Waals surface area (Å²) >= 11 is 0. The summed E-state index contributed by atoms with van der Waals surface area (Å²) in [6, 6.07) is 6.47. The van der Waals surface area contributed by atoms with Crippen LogP contribution in [-0.4, -0.2) is 30.8 Å². The highest BCUT2D eigenvalue weighted by Crippen LogP contribution is 2.27. The highest BCUT2D eigenvalue weighted by atomic mass is 32.2. The number of para-hydroxylation sites is 1. The Morgan fingerprint density at radius 2 is 1.86 bits per heavy atom. The molecular formula is C15H23NO4S. The third-order valence-electron chi connectivity index (χ3n) is 3.33. The van der Waals surface area contributed by atoms with Crippen molar-refractivity contribution in [3.8, 4) is 0 Å². The highest BCUT2D eigenvalue weighted by Gasteiger charge is 2.33. The smallest absolute Gasteiger partial charge is 0.329 e. The predicted octanol–water partition coefficient (Wildman–Crippen LogP) is 2.93. The molecule has 0 aliphatic rings. The van der Waals surface area contributed by atoms with Crippen LogP contribution in [-0.2, 0) is 14.6 Å². The monoisotopic (exact) mass is 313 g/mol. The average molecular weight is 313 g/mol. The van der Waals surface area contributed by atoms with Crippen LogP contribution >= 0.6 is 0 Å². The molecule has 2 N–H and O–H groups in total. The van der Waals surface area contributed by atoms with Crippen molar-refractivity contribution in [3.63, 3.8) is 0 Å². The summed E-state index contributed by atoms with van der Waals surface area (Å²) in [6.07, 6.45) is 1.60. The molecule has 1 aromatic carbocycles. The number of benzene rings is 1. The summed E-state index contributed by atoms with van der Waals surface area (Å²) in [4.78, 5) is 11.7. The van der Waals surface area contributed by atoms with Crippen LogP contribution in [0.25, 0.3) is 0 Å². The number of hydrogen-bond acceptors (Lipinski definition) is 4. The molecule has 5 nitrogen and oxygen atoms in total. The number of carboxylic acids is 1. The topological polar surface area (TPSA) is 83.5 Å². The lowest BCUT2D eigenvalue weighted by atomic mass is 9.96. The van der Waals surface area contributed by atoms with E-state index in [9.17, 15) is 18.3 Å². The van der Waals surface area contributed by atoms with E-state index >= 15 is 0 Å². The minimum Gasteiger partial charge on any atom is -0.480 e. The summed E-state index contributed by atoms with van der Waals surface area (Å²) in [6.45, 7) is 5.26. The van der Waals surface area contributed by atoms with Crippen LogP contribution < -0.4 is 5.32 Å². The van der Waals surface area contributed by atoms with Crippen molar-refractivity contribution in [2.75, 3.05) is 11.1 Å². The van der Waals surface area contributed by atoms with E-state index < -0.39 is 21.3 Å². The molecule has 118 valence electrons. The van der Waals surface area contributed by atoms with Crippen LogP contribution in [0.5, 0.6) is 0 Å². The quantitative estimate of drug-likeness (QED) is 0.771. The van der Waals surface area contributed by atoms with E-state index in [0.29, 0.717) is 24.9 Å². The lowest BCUT2D eigenvalue weighted by molar-refractivity contribution is -0.142. The highest BCUT2D eigenvalue weighted by molar-refractivity contribution is 7.91. The molecule has 0 saturated heterocycles. The molecule has 0 amide bonds. The molecule has 0 fully saturated rings. The number of carbonyl (C=O) groups is 1. The second kappa shape index (κ2) is 6.93. The maximum Gasteiger partial charge on any atom is 0.329 e. The van der Waals surface area contributed by atoms with E-state index in [0.717, 1.165) is 0 Å². The van der Waals surface area contributed by atoms with Crippen molar-refractivity contribution in [1.82, 2.24) is 0 Å². The molecule has 6 heteroatoms. The van der Waals surface area contributed by atoms with Gasteiger partial charge in [0.1, 0.15) is 5.54 Å². The lowest BCUT2D eigenvalue weighted by Gasteiger charge is -2.28. The van der Waals surface area contributed by atoms with E-state index in [1.54, 1.807) is 32.0 Å². The molecule has 0 aliphatic carbocycles. The van der Waals surface area contributed by atoms with Gasteiger partial charge >= 0.3 is 5.97 Å². The molecule has 21 heavy (non-hydrogen) atoms. The second-order valence-corrected chi connectivity index (χ2v) is 7.40.